The molecule has 0 bridgehead atoms. The smallest absolute Gasteiger partial charge is 0.228 e. The lowest BCUT2D eigenvalue weighted by Gasteiger charge is -2.11. The molecule has 0 aliphatic carbocycles. The molecule has 0 atom stereocenters. The number of aryl methyl sites for hydroxylation is 1. The lowest BCUT2D eigenvalue weighted by molar-refractivity contribution is -0.115. The van der Waals surface area contributed by atoms with Gasteiger partial charge in [0.25, 0.3) is 0 Å². The maximum absolute atomic E-state index is 12.2. The first-order valence-electron chi connectivity index (χ1n) is 8.82. The van der Waals surface area contributed by atoms with Crippen molar-refractivity contribution in [2.24, 2.45) is 0 Å². The molecular formula is C23H23NO3. The molecule has 0 saturated carbocycles. The van der Waals surface area contributed by atoms with Gasteiger partial charge in [-0.2, -0.15) is 0 Å². The molecule has 4 nitrogen and oxygen atoms in total. The summed E-state index contributed by atoms with van der Waals surface area (Å²) in [6.07, 6.45) is 0.310. The van der Waals surface area contributed by atoms with Crippen LogP contribution in [0.1, 0.15) is 16.7 Å². The van der Waals surface area contributed by atoms with Crippen LogP contribution >= 0.6 is 0 Å². The van der Waals surface area contributed by atoms with E-state index in [2.05, 4.69) is 18.3 Å². The third-order valence-electron chi connectivity index (χ3n) is 4.44. The summed E-state index contributed by atoms with van der Waals surface area (Å²) < 4.78 is 11.1. The van der Waals surface area contributed by atoms with Gasteiger partial charge in [-0.25, -0.2) is 0 Å². The van der Waals surface area contributed by atoms with Gasteiger partial charge in [-0.1, -0.05) is 24.3 Å². The molecule has 3 aromatic carbocycles. The predicted octanol–water partition coefficient (Wildman–Crippen LogP) is 5.29. The van der Waals surface area contributed by atoms with Crippen molar-refractivity contribution in [2.45, 2.75) is 20.3 Å². The lowest BCUT2D eigenvalue weighted by Crippen LogP contribution is -2.14. The highest BCUT2D eigenvalue weighted by molar-refractivity contribution is 5.92. The summed E-state index contributed by atoms with van der Waals surface area (Å²) in [5, 5.41) is 2.90. The fourth-order valence-corrected chi connectivity index (χ4v) is 2.70. The fraction of sp³-hybridized carbons (Fsp3) is 0.174. The van der Waals surface area contributed by atoms with Crippen molar-refractivity contribution in [3.8, 4) is 17.2 Å². The summed E-state index contributed by atoms with van der Waals surface area (Å²) in [6.45, 7) is 4.10. The highest BCUT2D eigenvalue weighted by Crippen LogP contribution is 2.27. The summed E-state index contributed by atoms with van der Waals surface area (Å²) in [6, 6.07) is 20.8. The molecule has 138 valence electrons. The quantitative estimate of drug-likeness (QED) is 0.649. The van der Waals surface area contributed by atoms with Gasteiger partial charge in [-0.05, 0) is 73.0 Å². The van der Waals surface area contributed by atoms with Crippen LogP contribution in [0.3, 0.4) is 0 Å². The average Bonchev–Trinajstić information content (AvgIpc) is 2.67. The van der Waals surface area contributed by atoms with Gasteiger partial charge in [0, 0.05) is 5.69 Å². The summed E-state index contributed by atoms with van der Waals surface area (Å²) in [5.74, 6) is 2.28. The molecule has 0 aromatic heterocycles. The number of nitrogens with one attached hydrogen (secondary N) is 1. The van der Waals surface area contributed by atoms with Gasteiger partial charge in [0.1, 0.15) is 17.2 Å². The van der Waals surface area contributed by atoms with Crippen molar-refractivity contribution in [3.05, 3.63) is 83.4 Å². The molecule has 0 aliphatic heterocycles. The summed E-state index contributed by atoms with van der Waals surface area (Å²) >= 11 is 0. The first kappa shape index (κ1) is 18.5. The Morgan fingerprint density at radius 3 is 2.22 bits per heavy atom. The van der Waals surface area contributed by atoms with Crippen LogP contribution < -0.4 is 14.8 Å². The van der Waals surface area contributed by atoms with Crippen molar-refractivity contribution in [1.82, 2.24) is 0 Å². The Morgan fingerprint density at radius 2 is 1.56 bits per heavy atom. The van der Waals surface area contributed by atoms with Crippen LogP contribution in [0, 0.1) is 13.8 Å². The highest BCUT2D eigenvalue weighted by atomic mass is 16.5. The van der Waals surface area contributed by atoms with Gasteiger partial charge in [0.15, 0.2) is 0 Å². The molecule has 0 saturated heterocycles. The Bertz CT molecular complexity index is 915. The topological polar surface area (TPSA) is 47.6 Å². The van der Waals surface area contributed by atoms with E-state index in [-0.39, 0.29) is 5.91 Å². The Labute approximate surface area is 159 Å². The van der Waals surface area contributed by atoms with Crippen LogP contribution in [0.25, 0.3) is 0 Å². The van der Waals surface area contributed by atoms with E-state index in [0.29, 0.717) is 6.42 Å². The number of benzene rings is 3. The predicted molar refractivity (Wildman–Crippen MR) is 108 cm³/mol. The third kappa shape index (κ3) is 4.88. The fourth-order valence-electron chi connectivity index (χ4n) is 2.70. The Kier molecular flexibility index (Phi) is 5.77. The molecule has 0 radical (unpaired) electrons. The van der Waals surface area contributed by atoms with Gasteiger partial charge in [0.05, 0.1) is 13.5 Å². The second kappa shape index (κ2) is 8.41. The van der Waals surface area contributed by atoms with Crippen LogP contribution in [0.15, 0.2) is 66.7 Å². The Hall–Kier alpha value is -3.27. The number of methoxy groups -OCH3 is 1. The van der Waals surface area contributed by atoms with Crippen LogP contribution in [0.4, 0.5) is 5.69 Å². The number of amides is 1. The Balaban J connectivity index is 1.59. The third-order valence-corrected chi connectivity index (χ3v) is 4.44. The number of hydrogen-bond donors (Lipinski definition) is 1. The van der Waals surface area contributed by atoms with Gasteiger partial charge in [0.2, 0.25) is 5.91 Å². The second-order valence-corrected chi connectivity index (χ2v) is 6.40. The van der Waals surface area contributed by atoms with E-state index < -0.39 is 0 Å². The number of ether oxygens (including phenoxy) is 2. The Morgan fingerprint density at radius 1 is 0.889 bits per heavy atom. The molecule has 27 heavy (non-hydrogen) atoms. The minimum atomic E-state index is -0.0663. The van der Waals surface area contributed by atoms with Gasteiger partial charge < -0.3 is 14.8 Å². The number of hydrogen-bond acceptors (Lipinski definition) is 3. The maximum atomic E-state index is 12.2. The van der Waals surface area contributed by atoms with E-state index in [1.165, 1.54) is 5.56 Å². The van der Waals surface area contributed by atoms with Gasteiger partial charge in [-0.15, -0.1) is 0 Å². The summed E-state index contributed by atoms with van der Waals surface area (Å²) in [5.41, 5.74) is 3.98. The second-order valence-electron chi connectivity index (χ2n) is 6.40. The molecule has 1 amide bonds. The van der Waals surface area contributed by atoms with E-state index in [9.17, 15) is 4.79 Å². The maximum Gasteiger partial charge on any atom is 0.228 e. The largest absolute Gasteiger partial charge is 0.497 e. The van der Waals surface area contributed by atoms with Crippen molar-refractivity contribution in [1.29, 1.82) is 0 Å². The monoisotopic (exact) mass is 361 g/mol. The molecule has 0 aliphatic rings. The lowest BCUT2D eigenvalue weighted by atomic mass is 10.1. The highest BCUT2D eigenvalue weighted by Gasteiger charge is 2.06. The zero-order chi connectivity index (χ0) is 19.2. The molecule has 3 aromatic rings. The van der Waals surface area contributed by atoms with Crippen LogP contribution in [-0.4, -0.2) is 13.0 Å². The zero-order valence-electron chi connectivity index (χ0n) is 15.8. The minimum Gasteiger partial charge on any atom is -0.497 e. The van der Waals surface area contributed by atoms with E-state index >= 15 is 0 Å². The van der Waals surface area contributed by atoms with Crippen molar-refractivity contribution < 1.29 is 14.3 Å². The van der Waals surface area contributed by atoms with Crippen LogP contribution in [-0.2, 0) is 11.2 Å². The standard InChI is InChI=1S/C23H23NO3/c1-16-5-4-6-22(17(16)2)27-21-13-9-19(10-14-21)24-23(25)15-18-7-11-20(26-3)12-8-18/h4-14H,15H2,1-3H3,(H,24,25). The zero-order valence-corrected chi connectivity index (χ0v) is 15.8. The van der Waals surface area contributed by atoms with Crippen molar-refractivity contribution >= 4 is 11.6 Å². The van der Waals surface area contributed by atoms with E-state index in [1.54, 1.807) is 7.11 Å². The molecule has 4 heteroatoms. The van der Waals surface area contributed by atoms with Crippen LogP contribution in [0.2, 0.25) is 0 Å². The molecule has 0 spiro atoms. The van der Waals surface area contributed by atoms with E-state index in [1.807, 2.05) is 67.6 Å². The molecule has 3 rings (SSSR count). The molecule has 1 N–H and O–H groups in total. The number of carbonyl (C=O) groups is 1. The molecule has 0 fully saturated rings. The molecular weight excluding hydrogens is 338 g/mol. The summed E-state index contributed by atoms with van der Waals surface area (Å²) in [4.78, 5) is 12.2. The minimum absolute atomic E-state index is 0.0663. The summed E-state index contributed by atoms with van der Waals surface area (Å²) in [7, 11) is 1.62. The van der Waals surface area contributed by atoms with Crippen LogP contribution in [0.5, 0.6) is 17.2 Å². The number of rotatable bonds is 6. The van der Waals surface area contributed by atoms with E-state index in [4.69, 9.17) is 9.47 Å². The normalized spacial score (nSPS) is 10.3. The number of anilines is 1. The van der Waals surface area contributed by atoms with Gasteiger partial charge in [-0.3, -0.25) is 4.79 Å². The average molecular weight is 361 g/mol. The first-order chi connectivity index (χ1) is 13.0. The number of carbonyl (C=O) groups excluding carboxylic acids is 1. The van der Waals surface area contributed by atoms with E-state index in [0.717, 1.165) is 34.1 Å². The van der Waals surface area contributed by atoms with Crippen molar-refractivity contribution in [3.63, 3.8) is 0 Å². The first-order valence-corrected chi connectivity index (χ1v) is 8.82. The van der Waals surface area contributed by atoms with Gasteiger partial charge >= 0.3 is 0 Å². The molecule has 0 unspecified atom stereocenters. The molecule has 0 heterocycles. The van der Waals surface area contributed by atoms with Crippen molar-refractivity contribution in [2.75, 3.05) is 12.4 Å². The SMILES string of the molecule is COc1ccc(CC(=O)Nc2ccc(Oc3cccc(C)c3C)cc2)cc1.